The van der Waals surface area contributed by atoms with Gasteiger partial charge in [-0.1, -0.05) is 19.3 Å². The van der Waals surface area contributed by atoms with Crippen LogP contribution in [0.1, 0.15) is 50.7 Å². The van der Waals surface area contributed by atoms with Crippen LogP contribution in [0.25, 0.3) is 0 Å². The summed E-state index contributed by atoms with van der Waals surface area (Å²) in [5.41, 5.74) is 0. The van der Waals surface area contributed by atoms with Crippen LogP contribution in [0.15, 0.2) is 22.8 Å². The molecular weight excluding hydrogens is 290 g/mol. The van der Waals surface area contributed by atoms with Crippen LogP contribution in [-0.4, -0.2) is 42.6 Å². The number of nitrogens with zero attached hydrogens (tertiary/aromatic N) is 1. The van der Waals surface area contributed by atoms with Crippen LogP contribution in [0, 0.1) is 0 Å². The predicted molar refractivity (Wildman–Crippen MR) is 90.4 cm³/mol. The molecule has 1 aromatic heterocycles. The maximum absolute atomic E-state index is 12.0. The minimum atomic E-state index is -0.0485. The number of nitrogens with one attached hydrogen (secondary N) is 2. The largest absolute Gasteiger partial charge is 0.469 e. The number of amides is 2. The molecular formula is C18H29N3O2. The van der Waals surface area contributed by atoms with E-state index in [1.165, 1.54) is 32.1 Å². The van der Waals surface area contributed by atoms with E-state index in [2.05, 4.69) is 15.5 Å². The Labute approximate surface area is 138 Å². The van der Waals surface area contributed by atoms with Gasteiger partial charge in [0.05, 0.1) is 6.26 Å². The van der Waals surface area contributed by atoms with Crippen molar-refractivity contribution in [1.82, 2.24) is 15.5 Å². The van der Waals surface area contributed by atoms with E-state index in [0.29, 0.717) is 12.6 Å². The zero-order valence-electron chi connectivity index (χ0n) is 13.9. The van der Waals surface area contributed by atoms with E-state index in [1.54, 1.807) is 6.26 Å². The minimum absolute atomic E-state index is 0.0485. The summed E-state index contributed by atoms with van der Waals surface area (Å²) in [4.78, 5) is 14.6. The molecule has 2 amide bonds. The van der Waals surface area contributed by atoms with Crippen LogP contribution in [0.5, 0.6) is 0 Å². The molecule has 1 aliphatic heterocycles. The molecule has 5 heteroatoms. The topological polar surface area (TPSA) is 57.5 Å². The van der Waals surface area contributed by atoms with Crippen LogP contribution in [0.4, 0.5) is 4.79 Å². The van der Waals surface area contributed by atoms with Gasteiger partial charge in [0, 0.05) is 38.1 Å². The van der Waals surface area contributed by atoms with Crippen LogP contribution < -0.4 is 10.6 Å². The first-order valence-electron chi connectivity index (χ1n) is 9.12. The van der Waals surface area contributed by atoms with Gasteiger partial charge in [0.15, 0.2) is 0 Å². The number of hydrogen-bond donors (Lipinski definition) is 2. The van der Waals surface area contributed by atoms with Crippen molar-refractivity contribution in [2.75, 3.05) is 19.6 Å². The van der Waals surface area contributed by atoms with E-state index in [-0.39, 0.29) is 6.03 Å². The van der Waals surface area contributed by atoms with Crippen molar-refractivity contribution in [3.8, 4) is 0 Å². The molecule has 1 aliphatic carbocycles. The molecule has 1 saturated heterocycles. The third-order valence-electron chi connectivity index (χ3n) is 5.19. The van der Waals surface area contributed by atoms with Crippen LogP contribution in [0.3, 0.4) is 0 Å². The number of urea groups is 1. The summed E-state index contributed by atoms with van der Waals surface area (Å²) in [6.45, 7) is 2.87. The van der Waals surface area contributed by atoms with Gasteiger partial charge in [-0.25, -0.2) is 4.79 Å². The summed E-state index contributed by atoms with van der Waals surface area (Å²) in [5.74, 6) is 0.908. The van der Waals surface area contributed by atoms with Gasteiger partial charge in [-0.15, -0.1) is 0 Å². The first-order chi connectivity index (χ1) is 11.3. The SMILES string of the molecule is O=C(NCCc1ccco1)NC1CCN(C2CCCCC2)CC1. The van der Waals surface area contributed by atoms with Gasteiger partial charge >= 0.3 is 6.03 Å². The van der Waals surface area contributed by atoms with E-state index in [1.807, 2.05) is 12.1 Å². The maximum atomic E-state index is 12.0. The van der Waals surface area contributed by atoms with Crippen LogP contribution >= 0.6 is 0 Å². The van der Waals surface area contributed by atoms with Crippen LogP contribution in [0.2, 0.25) is 0 Å². The quantitative estimate of drug-likeness (QED) is 0.877. The van der Waals surface area contributed by atoms with Gasteiger partial charge in [-0.3, -0.25) is 0 Å². The smallest absolute Gasteiger partial charge is 0.315 e. The fourth-order valence-electron chi connectivity index (χ4n) is 3.85. The van der Waals surface area contributed by atoms with Crippen molar-refractivity contribution < 1.29 is 9.21 Å². The fraction of sp³-hybridized carbons (Fsp3) is 0.722. The molecule has 128 valence electrons. The van der Waals surface area contributed by atoms with Gasteiger partial charge in [-0.2, -0.15) is 0 Å². The summed E-state index contributed by atoms with van der Waals surface area (Å²) in [6, 6.07) is 4.87. The highest BCUT2D eigenvalue weighted by atomic mass is 16.3. The van der Waals surface area contributed by atoms with Gasteiger partial charge in [0.2, 0.25) is 0 Å². The third kappa shape index (κ3) is 4.99. The average Bonchev–Trinajstić information content (AvgIpc) is 3.10. The van der Waals surface area contributed by atoms with Gasteiger partial charge in [-0.05, 0) is 37.8 Å². The summed E-state index contributed by atoms with van der Waals surface area (Å²) < 4.78 is 5.26. The van der Waals surface area contributed by atoms with E-state index in [9.17, 15) is 4.79 Å². The Balaban J connectivity index is 1.31. The molecule has 0 unspecified atom stereocenters. The first-order valence-corrected chi connectivity index (χ1v) is 9.12. The molecule has 0 atom stereocenters. The lowest BCUT2D eigenvalue weighted by Gasteiger charge is -2.39. The summed E-state index contributed by atoms with van der Waals surface area (Å²) >= 11 is 0. The second kappa shape index (κ2) is 8.39. The number of hydrogen-bond acceptors (Lipinski definition) is 3. The molecule has 3 rings (SSSR count). The molecule has 2 N–H and O–H groups in total. The second-order valence-electron chi connectivity index (χ2n) is 6.83. The molecule has 2 heterocycles. The lowest BCUT2D eigenvalue weighted by Crippen LogP contribution is -2.50. The molecule has 1 aromatic rings. The Morgan fingerprint density at radius 2 is 1.96 bits per heavy atom. The number of carbonyl (C=O) groups excluding carboxylic acids is 1. The number of likely N-dealkylation sites (tertiary alicyclic amines) is 1. The molecule has 0 aromatic carbocycles. The van der Waals surface area contributed by atoms with Gasteiger partial charge < -0.3 is 20.0 Å². The predicted octanol–water partition coefficient (Wildman–Crippen LogP) is 2.92. The second-order valence-corrected chi connectivity index (χ2v) is 6.83. The fourth-order valence-corrected chi connectivity index (χ4v) is 3.85. The molecule has 0 radical (unpaired) electrons. The zero-order chi connectivity index (χ0) is 15.9. The molecule has 0 bridgehead atoms. The monoisotopic (exact) mass is 319 g/mol. The van der Waals surface area contributed by atoms with Crippen molar-refractivity contribution in [3.63, 3.8) is 0 Å². The Morgan fingerprint density at radius 1 is 1.17 bits per heavy atom. The van der Waals surface area contributed by atoms with Gasteiger partial charge in [0.25, 0.3) is 0 Å². The highest BCUT2D eigenvalue weighted by molar-refractivity contribution is 5.74. The number of carbonyl (C=O) groups is 1. The lowest BCUT2D eigenvalue weighted by atomic mass is 9.92. The Kier molecular flexibility index (Phi) is 5.97. The average molecular weight is 319 g/mol. The molecule has 23 heavy (non-hydrogen) atoms. The van der Waals surface area contributed by atoms with Crippen molar-refractivity contribution in [2.45, 2.75) is 63.5 Å². The molecule has 1 saturated carbocycles. The van der Waals surface area contributed by atoms with Gasteiger partial charge in [0.1, 0.15) is 5.76 Å². The van der Waals surface area contributed by atoms with Crippen molar-refractivity contribution >= 4 is 6.03 Å². The molecule has 2 aliphatic rings. The van der Waals surface area contributed by atoms with E-state index < -0.39 is 0 Å². The van der Waals surface area contributed by atoms with Crippen molar-refractivity contribution in [3.05, 3.63) is 24.2 Å². The standard InChI is InChI=1S/C18H29N3O2/c22-18(19-11-8-17-7-4-14-23-17)20-15-9-12-21(13-10-15)16-5-2-1-3-6-16/h4,7,14-16H,1-3,5-6,8-13H2,(H2,19,20,22). The van der Waals surface area contributed by atoms with Crippen LogP contribution in [-0.2, 0) is 6.42 Å². The zero-order valence-corrected chi connectivity index (χ0v) is 13.9. The van der Waals surface area contributed by atoms with Crippen molar-refractivity contribution in [1.29, 1.82) is 0 Å². The lowest BCUT2D eigenvalue weighted by molar-refractivity contribution is 0.117. The number of piperidine rings is 1. The Morgan fingerprint density at radius 3 is 2.65 bits per heavy atom. The first kappa shape index (κ1) is 16.4. The summed E-state index contributed by atoms with van der Waals surface area (Å²) in [7, 11) is 0. The van der Waals surface area contributed by atoms with E-state index in [0.717, 1.165) is 44.2 Å². The molecule has 5 nitrogen and oxygen atoms in total. The summed E-state index contributed by atoms with van der Waals surface area (Å²) in [5, 5.41) is 6.03. The van der Waals surface area contributed by atoms with E-state index in [4.69, 9.17) is 4.42 Å². The van der Waals surface area contributed by atoms with Crippen molar-refractivity contribution in [2.24, 2.45) is 0 Å². The molecule has 2 fully saturated rings. The number of furan rings is 1. The molecule has 0 spiro atoms. The highest BCUT2D eigenvalue weighted by Gasteiger charge is 2.26. The van der Waals surface area contributed by atoms with E-state index >= 15 is 0 Å². The highest BCUT2D eigenvalue weighted by Crippen LogP contribution is 2.25. The summed E-state index contributed by atoms with van der Waals surface area (Å²) in [6.07, 6.45) is 11.5. The Bertz CT molecular complexity index is 461. The number of rotatable bonds is 5. The Hall–Kier alpha value is -1.49. The maximum Gasteiger partial charge on any atom is 0.315 e. The minimum Gasteiger partial charge on any atom is -0.469 e. The normalized spacial score (nSPS) is 21.2. The third-order valence-corrected chi connectivity index (χ3v) is 5.19.